The molecule has 1 amide bonds. The molecule has 3 heterocycles. The third kappa shape index (κ3) is 4.69. The fourth-order valence-corrected chi connectivity index (χ4v) is 5.17. The Balaban J connectivity index is 1.36. The maximum atomic E-state index is 12.6. The smallest absolute Gasteiger partial charge is 0.236 e. The van der Waals surface area contributed by atoms with Crippen molar-refractivity contribution in [1.29, 1.82) is 0 Å². The Morgan fingerprint density at radius 2 is 1.88 bits per heavy atom. The molecule has 0 aliphatic rings. The molecule has 0 fully saturated rings. The predicted molar refractivity (Wildman–Crippen MR) is 133 cm³/mol. The lowest BCUT2D eigenvalue weighted by molar-refractivity contribution is -0.113. The average Bonchev–Trinajstić information content (AvgIpc) is 3.51. The molecule has 0 spiro atoms. The van der Waals surface area contributed by atoms with Gasteiger partial charge >= 0.3 is 0 Å². The molecule has 5 rings (SSSR count). The highest BCUT2D eigenvalue weighted by Gasteiger charge is 2.17. The second kappa shape index (κ2) is 9.21. The van der Waals surface area contributed by atoms with Crippen LogP contribution in [-0.2, 0) is 18.3 Å². The van der Waals surface area contributed by atoms with E-state index < -0.39 is 0 Å². The number of carbonyl (C=O) groups is 1. The molecular weight excluding hydrogens is 452 g/mol. The second-order valence-electron chi connectivity index (χ2n) is 7.68. The normalized spacial score (nSPS) is 11.2. The summed E-state index contributed by atoms with van der Waals surface area (Å²) in [4.78, 5) is 17.1. The van der Waals surface area contributed by atoms with Gasteiger partial charge in [0, 0.05) is 31.0 Å². The van der Waals surface area contributed by atoms with Gasteiger partial charge in [0.25, 0.3) is 0 Å². The number of fused-ring (bicyclic) bond motifs is 1. The van der Waals surface area contributed by atoms with Crippen molar-refractivity contribution in [2.75, 3.05) is 11.1 Å². The highest BCUT2D eigenvalue weighted by molar-refractivity contribution is 7.99. The molecule has 33 heavy (non-hydrogen) atoms. The van der Waals surface area contributed by atoms with Crippen molar-refractivity contribution in [3.05, 3.63) is 83.9 Å². The molecule has 0 saturated carbocycles. The molecule has 0 aliphatic carbocycles. The van der Waals surface area contributed by atoms with Gasteiger partial charge in [0.1, 0.15) is 5.82 Å². The van der Waals surface area contributed by atoms with E-state index in [1.54, 1.807) is 0 Å². The van der Waals surface area contributed by atoms with Gasteiger partial charge in [-0.2, -0.15) is 0 Å². The van der Waals surface area contributed by atoms with Crippen molar-refractivity contribution in [1.82, 2.24) is 24.3 Å². The van der Waals surface area contributed by atoms with Crippen LogP contribution in [0.25, 0.3) is 15.9 Å². The van der Waals surface area contributed by atoms with E-state index in [1.807, 2.05) is 48.1 Å². The molecule has 0 radical (unpaired) electrons. The molecule has 1 N–H and O–H groups in total. The van der Waals surface area contributed by atoms with E-state index in [4.69, 9.17) is 0 Å². The zero-order valence-corrected chi connectivity index (χ0v) is 19.9. The number of thioether (sulfide) groups is 1. The van der Waals surface area contributed by atoms with Gasteiger partial charge in [0.05, 0.1) is 16.0 Å². The van der Waals surface area contributed by atoms with Crippen LogP contribution in [0.1, 0.15) is 17.1 Å². The molecule has 166 valence electrons. The summed E-state index contributed by atoms with van der Waals surface area (Å²) in [5.74, 6) is 0.917. The van der Waals surface area contributed by atoms with Crippen LogP contribution < -0.4 is 5.32 Å². The van der Waals surface area contributed by atoms with Gasteiger partial charge < -0.3 is 9.88 Å². The van der Waals surface area contributed by atoms with Gasteiger partial charge in [-0.3, -0.25) is 9.36 Å². The number of benzene rings is 2. The fraction of sp³-hybridized carbons (Fsp3) is 0.167. The minimum absolute atomic E-state index is 0.124. The summed E-state index contributed by atoms with van der Waals surface area (Å²) < 4.78 is 5.15. The molecule has 0 bridgehead atoms. The van der Waals surface area contributed by atoms with E-state index in [0.717, 1.165) is 27.4 Å². The highest BCUT2D eigenvalue weighted by atomic mass is 32.2. The molecule has 0 unspecified atom stereocenters. The summed E-state index contributed by atoms with van der Waals surface area (Å²) in [6, 6.07) is 20.2. The van der Waals surface area contributed by atoms with Crippen LogP contribution in [0.15, 0.2) is 72.0 Å². The van der Waals surface area contributed by atoms with Gasteiger partial charge in [-0.15, -0.1) is 10.2 Å². The second-order valence-corrected chi connectivity index (χ2v) is 9.65. The topological polar surface area (TPSA) is 77.6 Å². The SMILES string of the molecule is Cc1ccc(-n2c(Cc3cccn3C)nnc2SCC(=O)Nc2nc3ccccc3s2)cc1. The van der Waals surface area contributed by atoms with Crippen molar-refractivity contribution in [3.63, 3.8) is 0 Å². The number of carbonyl (C=O) groups excluding carboxylic acids is 1. The molecule has 2 aromatic carbocycles. The fourth-order valence-electron chi connectivity index (χ4n) is 3.51. The van der Waals surface area contributed by atoms with Crippen molar-refractivity contribution in [2.24, 2.45) is 7.05 Å². The number of amides is 1. The zero-order valence-electron chi connectivity index (χ0n) is 18.2. The Hall–Kier alpha value is -3.43. The van der Waals surface area contributed by atoms with Crippen molar-refractivity contribution in [2.45, 2.75) is 18.5 Å². The van der Waals surface area contributed by atoms with Crippen molar-refractivity contribution < 1.29 is 4.79 Å². The standard InChI is InChI=1S/C24H22N6OS2/c1-16-9-11-17(12-10-16)30-21(14-18-6-5-13-29(18)2)27-28-24(30)32-15-22(31)26-23-25-19-7-3-4-8-20(19)33-23/h3-13H,14-15H2,1-2H3,(H,25,26,31). The summed E-state index contributed by atoms with van der Waals surface area (Å²) in [5.41, 5.74) is 4.18. The summed E-state index contributed by atoms with van der Waals surface area (Å²) in [7, 11) is 2.02. The maximum Gasteiger partial charge on any atom is 0.236 e. The Labute approximate surface area is 199 Å². The van der Waals surface area contributed by atoms with Gasteiger partial charge in [-0.05, 0) is 43.3 Å². The summed E-state index contributed by atoms with van der Waals surface area (Å²) >= 11 is 2.83. The zero-order chi connectivity index (χ0) is 22.8. The minimum atomic E-state index is -0.124. The van der Waals surface area contributed by atoms with Gasteiger partial charge in [0.15, 0.2) is 10.3 Å². The minimum Gasteiger partial charge on any atom is -0.354 e. The third-order valence-electron chi connectivity index (χ3n) is 5.26. The van der Waals surface area contributed by atoms with Crippen LogP contribution >= 0.6 is 23.1 Å². The van der Waals surface area contributed by atoms with E-state index in [2.05, 4.69) is 62.3 Å². The number of hydrogen-bond donors (Lipinski definition) is 1. The summed E-state index contributed by atoms with van der Waals surface area (Å²) in [5, 5.41) is 13.1. The summed E-state index contributed by atoms with van der Waals surface area (Å²) in [6.07, 6.45) is 2.66. The van der Waals surface area contributed by atoms with Gasteiger partial charge in [-0.1, -0.05) is 52.9 Å². The van der Waals surface area contributed by atoms with E-state index >= 15 is 0 Å². The first-order valence-corrected chi connectivity index (χ1v) is 12.3. The quantitative estimate of drug-likeness (QED) is 0.341. The van der Waals surface area contributed by atoms with Crippen molar-refractivity contribution in [3.8, 4) is 5.69 Å². The van der Waals surface area contributed by atoms with Crippen LogP contribution in [0.5, 0.6) is 0 Å². The molecule has 0 atom stereocenters. The average molecular weight is 475 g/mol. The molecule has 0 saturated heterocycles. The highest BCUT2D eigenvalue weighted by Crippen LogP contribution is 2.27. The van der Waals surface area contributed by atoms with E-state index in [1.165, 1.54) is 28.7 Å². The Bertz CT molecular complexity index is 1380. The molecule has 3 aromatic heterocycles. The number of aryl methyl sites for hydroxylation is 2. The van der Waals surface area contributed by atoms with Crippen molar-refractivity contribution >= 4 is 44.4 Å². The van der Waals surface area contributed by atoms with Gasteiger partial charge in [-0.25, -0.2) is 4.98 Å². The number of nitrogens with one attached hydrogen (secondary N) is 1. The van der Waals surface area contributed by atoms with Crippen LogP contribution in [0.3, 0.4) is 0 Å². The third-order valence-corrected chi connectivity index (χ3v) is 7.14. The Kier molecular flexibility index (Phi) is 5.97. The largest absolute Gasteiger partial charge is 0.354 e. The maximum absolute atomic E-state index is 12.6. The number of rotatable bonds is 7. The van der Waals surface area contributed by atoms with Crippen LogP contribution in [0, 0.1) is 6.92 Å². The van der Waals surface area contributed by atoms with Gasteiger partial charge in [0.2, 0.25) is 5.91 Å². The number of thiazole rings is 1. The van der Waals surface area contributed by atoms with Crippen LogP contribution in [0.2, 0.25) is 0 Å². The Morgan fingerprint density at radius 3 is 2.64 bits per heavy atom. The molecule has 0 aliphatic heterocycles. The first-order valence-electron chi connectivity index (χ1n) is 10.5. The number of nitrogens with zero attached hydrogens (tertiary/aromatic N) is 5. The number of hydrogen-bond acceptors (Lipinski definition) is 6. The lowest BCUT2D eigenvalue weighted by atomic mass is 10.2. The first kappa shape index (κ1) is 21.4. The monoisotopic (exact) mass is 474 g/mol. The molecular formula is C24H22N6OS2. The number of para-hydroxylation sites is 1. The first-order chi connectivity index (χ1) is 16.1. The summed E-state index contributed by atoms with van der Waals surface area (Å²) in [6.45, 7) is 2.06. The van der Waals surface area contributed by atoms with E-state index in [9.17, 15) is 4.79 Å². The molecule has 9 heteroatoms. The van der Waals surface area contributed by atoms with Crippen LogP contribution in [0.4, 0.5) is 5.13 Å². The van der Waals surface area contributed by atoms with E-state index in [0.29, 0.717) is 16.7 Å². The lowest BCUT2D eigenvalue weighted by Crippen LogP contribution is -2.14. The number of aromatic nitrogens is 5. The Morgan fingerprint density at radius 1 is 1.06 bits per heavy atom. The molecule has 7 nitrogen and oxygen atoms in total. The molecule has 5 aromatic rings. The van der Waals surface area contributed by atoms with Crippen LogP contribution in [-0.4, -0.2) is 36.0 Å². The van der Waals surface area contributed by atoms with E-state index in [-0.39, 0.29) is 11.7 Å². The number of anilines is 1. The predicted octanol–water partition coefficient (Wildman–Crippen LogP) is 4.85. The lowest BCUT2D eigenvalue weighted by Gasteiger charge is -2.11.